The first-order valence-electron chi connectivity index (χ1n) is 6.02. The minimum atomic E-state index is -0.144. The number of morpholine rings is 1. The second-order valence-electron chi connectivity index (χ2n) is 4.19. The second-order valence-corrected chi connectivity index (χ2v) is 6.53. The van der Waals surface area contributed by atoms with Gasteiger partial charge in [-0.3, -0.25) is 4.57 Å². The van der Waals surface area contributed by atoms with Gasteiger partial charge >= 0.3 is 0 Å². The monoisotopic (exact) mass is 422 g/mol. The van der Waals surface area contributed by atoms with E-state index in [1.165, 1.54) is 0 Å². The molecule has 1 aliphatic rings. The van der Waals surface area contributed by atoms with Crippen molar-refractivity contribution in [3.8, 4) is 5.82 Å². The molecule has 2 aromatic rings. The highest BCUT2D eigenvalue weighted by Crippen LogP contribution is 2.30. The second kappa shape index (κ2) is 6.10. The van der Waals surface area contributed by atoms with Gasteiger partial charge in [0.2, 0.25) is 0 Å². The van der Waals surface area contributed by atoms with Crippen molar-refractivity contribution < 1.29 is 9.84 Å². The molecular weight excluding hydrogens is 412 g/mol. The average Bonchev–Trinajstić information content (AvgIpc) is 3.06. The summed E-state index contributed by atoms with van der Waals surface area (Å²) in [5.41, 5.74) is 0. The molecule has 108 valence electrons. The van der Waals surface area contributed by atoms with E-state index in [9.17, 15) is 5.11 Å². The largest absolute Gasteiger partial charge is 0.388 e. The zero-order valence-electron chi connectivity index (χ0n) is 10.4. The Labute approximate surface area is 136 Å². The summed E-state index contributed by atoms with van der Waals surface area (Å²) in [4.78, 5) is 11.1. The van der Waals surface area contributed by atoms with Crippen LogP contribution in [0.2, 0.25) is 0 Å². The molecule has 3 heterocycles. The number of aliphatic hydroxyl groups is 1. The van der Waals surface area contributed by atoms with Crippen molar-refractivity contribution in [3.63, 3.8) is 0 Å². The number of rotatable bonds is 3. The van der Waals surface area contributed by atoms with Crippen molar-refractivity contribution in [2.24, 2.45) is 0 Å². The fourth-order valence-electron chi connectivity index (χ4n) is 2.01. The molecule has 0 bridgehead atoms. The molecule has 20 heavy (non-hydrogen) atoms. The van der Waals surface area contributed by atoms with Crippen molar-refractivity contribution in [2.75, 3.05) is 31.2 Å². The number of aromatic nitrogens is 3. The van der Waals surface area contributed by atoms with Crippen LogP contribution in [0.5, 0.6) is 0 Å². The van der Waals surface area contributed by atoms with Gasteiger partial charge in [-0.05, 0) is 31.9 Å². The summed E-state index contributed by atoms with van der Waals surface area (Å²) in [6.07, 6.45) is 0. The van der Waals surface area contributed by atoms with Gasteiger partial charge in [-0.25, -0.2) is 9.97 Å². The molecule has 0 unspecified atom stereocenters. The molecule has 1 N–H and O–H groups in total. The van der Waals surface area contributed by atoms with Crippen molar-refractivity contribution in [1.82, 2.24) is 14.5 Å². The molecule has 0 saturated carbocycles. The van der Waals surface area contributed by atoms with Crippen molar-refractivity contribution in [2.45, 2.75) is 6.61 Å². The Morgan fingerprint density at radius 1 is 1.30 bits per heavy atom. The van der Waals surface area contributed by atoms with E-state index in [2.05, 4.69) is 46.7 Å². The van der Waals surface area contributed by atoms with Crippen LogP contribution in [0, 0.1) is 0 Å². The van der Waals surface area contributed by atoms with E-state index >= 15 is 0 Å². The summed E-state index contributed by atoms with van der Waals surface area (Å²) in [6, 6.07) is 0. The third-order valence-electron chi connectivity index (χ3n) is 2.98. The van der Waals surface area contributed by atoms with Crippen LogP contribution in [-0.2, 0) is 11.3 Å². The lowest BCUT2D eigenvalue weighted by Crippen LogP contribution is -2.36. The number of ether oxygens (including phenoxy) is 1. The van der Waals surface area contributed by atoms with Gasteiger partial charge < -0.3 is 14.7 Å². The SMILES string of the molecule is OCc1nc(Br)c(Br)n1-c1csc(N2CCOCC2)n1. The molecule has 1 fully saturated rings. The zero-order valence-corrected chi connectivity index (χ0v) is 14.4. The van der Waals surface area contributed by atoms with Crippen molar-refractivity contribution in [1.29, 1.82) is 0 Å². The topological polar surface area (TPSA) is 63.4 Å². The molecule has 0 atom stereocenters. The third-order valence-corrected chi connectivity index (χ3v) is 5.69. The first kappa shape index (κ1) is 14.5. The molecule has 1 saturated heterocycles. The highest BCUT2D eigenvalue weighted by Gasteiger charge is 2.19. The smallest absolute Gasteiger partial charge is 0.187 e. The number of anilines is 1. The zero-order chi connectivity index (χ0) is 14.1. The van der Waals surface area contributed by atoms with Gasteiger partial charge in [-0.1, -0.05) is 0 Å². The van der Waals surface area contributed by atoms with Gasteiger partial charge in [0, 0.05) is 18.5 Å². The van der Waals surface area contributed by atoms with Crippen LogP contribution in [-0.4, -0.2) is 45.9 Å². The molecule has 3 rings (SSSR count). The highest BCUT2D eigenvalue weighted by atomic mass is 79.9. The predicted octanol–water partition coefficient (Wildman–Crippen LogP) is 2.18. The van der Waals surface area contributed by atoms with Gasteiger partial charge in [0.05, 0.1) is 13.2 Å². The quantitative estimate of drug-likeness (QED) is 0.819. The lowest BCUT2D eigenvalue weighted by Gasteiger charge is -2.25. The first-order valence-corrected chi connectivity index (χ1v) is 8.49. The van der Waals surface area contributed by atoms with E-state index in [1.54, 1.807) is 15.9 Å². The molecule has 2 aromatic heterocycles. The summed E-state index contributed by atoms with van der Waals surface area (Å²) in [5.74, 6) is 1.30. The number of imidazole rings is 1. The summed E-state index contributed by atoms with van der Waals surface area (Å²) < 4.78 is 8.55. The maximum atomic E-state index is 9.40. The van der Waals surface area contributed by atoms with E-state index in [0.29, 0.717) is 10.4 Å². The summed E-state index contributed by atoms with van der Waals surface area (Å²) in [5, 5.41) is 12.3. The minimum Gasteiger partial charge on any atom is -0.388 e. The number of nitrogens with zero attached hydrogens (tertiary/aromatic N) is 4. The van der Waals surface area contributed by atoms with E-state index in [1.807, 2.05) is 5.38 Å². The normalized spacial score (nSPS) is 15.8. The van der Waals surface area contributed by atoms with Crippen LogP contribution in [0.1, 0.15) is 5.82 Å². The van der Waals surface area contributed by atoms with E-state index in [-0.39, 0.29) is 6.61 Å². The Balaban J connectivity index is 1.93. The molecule has 6 nitrogen and oxygen atoms in total. The third kappa shape index (κ3) is 2.64. The molecule has 0 spiro atoms. The van der Waals surface area contributed by atoms with E-state index in [4.69, 9.17) is 4.74 Å². The first-order chi connectivity index (χ1) is 9.70. The maximum Gasteiger partial charge on any atom is 0.187 e. The van der Waals surface area contributed by atoms with Crippen molar-refractivity contribution >= 4 is 48.3 Å². The fraction of sp³-hybridized carbons (Fsp3) is 0.455. The van der Waals surface area contributed by atoms with Crippen LogP contribution in [0.15, 0.2) is 14.6 Å². The molecule has 0 radical (unpaired) electrons. The van der Waals surface area contributed by atoms with Gasteiger partial charge in [0.25, 0.3) is 0 Å². The number of hydrogen-bond acceptors (Lipinski definition) is 6. The van der Waals surface area contributed by atoms with E-state index in [0.717, 1.165) is 41.9 Å². The highest BCUT2D eigenvalue weighted by molar-refractivity contribution is 9.13. The van der Waals surface area contributed by atoms with Crippen molar-refractivity contribution in [3.05, 3.63) is 20.4 Å². The summed E-state index contributed by atoms with van der Waals surface area (Å²) >= 11 is 8.39. The Bertz CT molecular complexity index is 610. The summed E-state index contributed by atoms with van der Waals surface area (Å²) in [6.45, 7) is 3.03. The number of aliphatic hydroxyl groups excluding tert-OH is 1. The predicted molar refractivity (Wildman–Crippen MR) is 83.6 cm³/mol. The van der Waals surface area contributed by atoms with Crippen LogP contribution >= 0.6 is 43.2 Å². The molecule has 0 aromatic carbocycles. The van der Waals surface area contributed by atoms with Crippen LogP contribution in [0.4, 0.5) is 5.13 Å². The van der Waals surface area contributed by atoms with Crippen LogP contribution < -0.4 is 4.90 Å². The molecule has 0 aliphatic carbocycles. The fourth-order valence-corrected chi connectivity index (χ4v) is 3.72. The van der Waals surface area contributed by atoms with Crippen LogP contribution in [0.3, 0.4) is 0 Å². The molecule has 0 amide bonds. The minimum absolute atomic E-state index is 0.144. The van der Waals surface area contributed by atoms with Gasteiger partial charge in [-0.2, -0.15) is 0 Å². The van der Waals surface area contributed by atoms with Crippen LogP contribution in [0.25, 0.3) is 5.82 Å². The Kier molecular flexibility index (Phi) is 4.41. The standard InChI is InChI=1S/C11H12Br2N4O2S/c12-9-10(13)17(7(5-18)14-9)8-6-20-11(15-8)16-1-3-19-4-2-16/h6,18H,1-5H2. The molecule has 9 heteroatoms. The van der Waals surface area contributed by atoms with Gasteiger partial charge in [0.1, 0.15) is 21.6 Å². The maximum absolute atomic E-state index is 9.40. The summed E-state index contributed by atoms with van der Waals surface area (Å²) in [7, 11) is 0. The lowest BCUT2D eigenvalue weighted by molar-refractivity contribution is 0.122. The Hall–Kier alpha value is -0.480. The Morgan fingerprint density at radius 3 is 2.75 bits per heavy atom. The number of halogens is 2. The Morgan fingerprint density at radius 2 is 2.05 bits per heavy atom. The van der Waals surface area contributed by atoms with Gasteiger partial charge in [0.15, 0.2) is 10.9 Å². The lowest BCUT2D eigenvalue weighted by atomic mass is 10.5. The number of hydrogen-bond donors (Lipinski definition) is 1. The average molecular weight is 424 g/mol. The van der Waals surface area contributed by atoms with E-state index < -0.39 is 0 Å². The number of thiazole rings is 1. The van der Waals surface area contributed by atoms with Gasteiger partial charge in [-0.15, -0.1) is 11.3 Å². The molecule has 1 aliphatic heterocycles. The molecular formula is C11H12Br2N4O2S.